The lowest BCUT2D eigenvalue weighted by Gasteiger charge is -2.07. The molecule has 32 heavy (non-hydrogen) atoms. The number of carbonyl (C=O) groups is 2. The van der Waals surface area contributed by atoms with Crippen LogP contribution in [0.2, 0.25) is 0 Å². The van der Waals surface area contributed by atoms with Gasteiger partial charge in [0.05, 0.1) is 18.3 Å². The van der Waals surface area contributed by atoms with Crippen molar-refractivity contribution in [3.63, 3.8) is 0 Å². The van der Waals surface area contributed by atoms with Crippen molar-refractivity contribution >= 4 is 33.2 Å². The van der Waals surface area contributed by atoms with Gasteiger partial charge in [0, 0.05) is 30.0 Å². The van der Waals surface area contributed by atoms with Crippen molar-refractivity contribution in [2.45, 2.75) is 26.8 Å². The van der Waals surface area contributed by atoms with Crippen LogP contribution in [-0.4, -0.2) is 27.8 Å². The molecule has 1 amide bonds. The Morgan fingerprint density at radius 2 is 1.78 bits per heavy atom. The minimum atomic E-state index is -0.216. The van der Waals surface area contributed by atoms with Crippen LogP contribution in [0.15, 0.2) is 65.0 Å². The molecule has 0 unspecified atom stereocenters. The summed E-state index contributed by atoms with van der Waals surface area (Å²) in [6.45, 7) is 3.98. The van der Waals surface area contributed by atoms with E-state index in [0.717, 1.165) is 22.3 Å². The van der Waals surface area contributed by atoms with Gasteiger partial charge in [-0.3, -0.25) is 19.0 Å². The van der Waals surface area contributed by atoms with Gasteiger partial charge in [-0.1, -0.05) is 54.1 Å². The smallest absolute Gasteiger partial charge is 0.263 e. The number of Topliss-reactive ketones (excluding diaryl/α,β-unsaturated/α-hetero) is 1. The number of aryl methyl sites for hydroxylation is 1. The van der Waals surface area contributed by atoms with E-state index in [-0.39, 0.29) is 23.8 Å². The second-order valence-electron chi connectivity index (χ2n) is 7.73. The molecule has 2 heterocycles. The highest BCUT2D eigenvalue weighted by Crippen LogP contribution is 2.30. The van der Waals surface area contributed by atoms with E-state index < -0.39 is 0 Å². The molecule has 7 heteroatoms. The zero-order chi connectivity index (χ0) is 22.7. The Hall–Kier alpha value is -3.58. The first-order valence-corrected chi connectivity index (χ1v) is 11.2. The summed E-state index contributed by atoms with van der Waals surface area (Å²) >= 11 is 1.43. The normalized spacial score (nSPS) is 10.9. The van der Waals surface area contributed by atoms with Crippen LogP contribution in [-0.2, 0) is 17.8 Å². The maximum Gasteiger partial charge on any atom is 0.263 e. The predicted molar refractivity (Wildman–Crippen MR) is 127 cm³/mol. The maximum absolute atomic E-state index is 13.2. The van der Waals surface area contributed by atoms with E-state index in [0.29, 0.717) is 28.7 Å². The van der Waals surface area contributed by atoms with Crippen LogP contribution in [0.3, 0.4) is 0 Å². The van der Waals surface area contributed by atoms with Crippen LogP contribution in [0.4, 0.5) is 0 Å². The molecule has 0 aliphatic carbocycles. The lowest BCUT2D eigenvalue weighted by atomic mass is 10.0. The van der Waals surface area contributed by atoms with Crippen molar-refractivity contribution in [1.29, 1.82) is 0 Å². The van der Waals surface area contributed by atoms with Crippen molar-refractivity contribution in [3.8, 4) is 11.1 Å². The quantitative estimate of drug-likeness (QED) is 0.436. The first-order valence-electron chi connectivity index (χ1n) is 10.3. The molecule has 0 fully saturated rings. The number of carbonyl (C=O) groups excluding carboxylic acids is 2. The van der Waals surface area contributed by atoms with E-state index in [2.05, 4.69) is 10.3 Å². The molecule has 0 saturated heterocycles. The average Bonchev–Trinajstić information content (AvgIpc) is 3.21. The largest absolute Gasteiger partial charge is 0.356 e. The van der Waals surface area contributed by atoms with E-state index >= 15 is 0 Å². The molecule has 162 valence electrons. The summed E-state index contributed by atoms with van der Waals surface area (Å²) in [4.78, 5) is 42.0. The molecule has 0 saturated carbocycles. The molecule has 0 atom stereocenters. The molecule has 0 radical (unpaired) electrons. The third kappa shape index (κ3) is 4.68. The monoisotopic (exact) mass is 445 g/mol. The summed E-state index contributed by atoms with van der Waals surface area (Å²) in [5.41, 5.74) is 4.29. The Morgan fingerprint density at radius 3 is 2.47 bits per heavy atom. The molecule has 6 nitrogen and oxygen atoms in total. The molecule has 2 aromatic carbocycles. The van der Waals surface area contributed by atoms with Crippen LogP contribution in [0, 0.1) is 6.92 Å². The number of benzene rings is 2. The van der Waals surface area contributed by atoms with Gasteiger partial charge in [-0.25, -0.2) is 4.98 Å². The summed E-state index contributed by atoms with van der Waals surface area (Å²) in [6.07, 6.45) is 2.13. The SMILES string of the molecule is CC(=O)NCCc1ccc(C(=O)Cn2cnc3scc(-c4ccc(C)cc4)c3c2=O)cc1. The van der Waals surface area contributed by atoms with Gasteiger partial charge in [-0.2, -0.15) is 0 Å². The second-order valence-corrected chi connectivity index (χ2v) is 8.58. The Bertz CT molecular complexity index is 1340. The third-order valence-electron chi connectivity index (χ3n) is 5.30. The maximum atomic E-state index is 13.2. The van der Waals surface area contributed by atoms with Crippen LogP contribution in [0.5, 0.6) is 0 Å². The summed E-state index contributed by atoms with van der Waals surface area (Å²) < 4.78 is 1.37. The van der Waals surface area contributed by atoms with E-state index in [1.54, 1.807) is 12.1 Å². The second kappa shape index (κ2) is 9.28. The molecule has 2 aromatic heterocycles. The lowest BCUT2D eigenvalue weighted by Crippen LogP contribution is -2.24. The number of hydrogen-bond acceptors (Lipinski definition) is 5. The van der Waals surface area contributed by atoms with Gasteiger partial charge in [-0.05, 0) is 24.5 Å². The highest BCUT2D eigenvalue weighted by molar-refractivity contribution is 7.17. The van der Waals surface area contributed by atoms with Crippen LogP contribution in [0.25, 0.3) is 21.3 Å². The van der Waals surface area contributed by atoms with Gasteiger partial charge >= 0.3 is 0 Å². The number of fused-ring (bicyclic) bond motifs is 1. The van der Waals surface area contributed by atoms with E-state index in [1.165, 1.54) is 29.2 Å². The van der Waals surface area contributed by atoms with Crippen molar-refractivity contribution in [2.75, 3.05) is 6.54 Å². The number of amides is 1. The van der Waals surface area contributed by atoms with Crippen LogP contribution in [0.1, 0.15) is 28.4 Å². The molecule has 0 aliphatic rings. The molecule has 4 rings (SSSR count). The minimum absolute atomic E-state index is 0.0658. The van der Waals surface area contributed by atoms with Crippen LogP contribution >= 0.6 is 11.3 Å². The topological polar surface area (TPSA) is 81.1 Å². The van der Waals surface area contributed by atoms with Gasteiger partial charge < -0.3 is 5.32 Å². The Morgan fingerprint density at radius 1 is 1.06 bits per heavy atom. The number of nitrogens with one attached hydrogen (secondary N) is 1. The van der Waals surface area contributed by atoms with Crippen molar-refractivity contribution < 1.29 is 9.59 Å². The number of ketones is 1. The predicted octanol–water partition coefficient (Wildman–Crippen LogP) is 3.99. The molecular formula is C25H23N3O3S. The average molecular weight is 446 g/mol. The number of aromatic nitrogens is 2. The summed E-state index contributed by atoms with van der Waals surface area (Å²) in [7, 11) is 0. The summed E-state index contributed by atoms with van der Waals surface area (Å²) in [6, 6.07) is 15.3. The molecular weight excluding hydrogens is 422 g/mol. The molecule has 1 N–H and O–H groups in total. The molecule has 0 bridgehead atoms. The number of nitrogens with zero attached hydrogens (tertiary/aromatic N) is 2. The van der Waals surface area contributed by atoms with E-state index in [1.807, 2.05) is 48.7 Å². The summed E-state index contributed by atoms with van der Waals surface area (Å²) in [5, 5.41) is 5.24. The van der Waals surface area contributed by atoms with Crippen molar-refractivity contribution in [1.82, 2.24) is 14.9 Å². The fourth-order valence-electron chi connectivity index (χ4n) is 3.51. The fraction of sp³-hybridized carbons (Fsp3) is 0.200. The number of thiophene rings is 1. The Kier molecular flexibility index (Phi) is 6.28. The molecule has 0 spiro atoms. The number of rotatable bonds is 7. The van der Waals surface area contributed by atoms with E-state index in [9.17, 15) is 14.4 Å². The first-order chi connectivity index (χ1) is 15.4. The molecule has 4 aromatic rings. The van der Waals surface area contributed by atoms with Crippen molar-refractivity contribution in [3.05, 3.63) is 87.3 Å². The zero-order valence-corrected chi connectivity index (χ0v) is 18.7. The highest BCUT2D eigenvalue weighted by Gasteiger charge is 2.15. The lowest BCUT2D eigenvalue weighted by molar-refractivity contribution is -0.118. The Labute approximate surface area is 189 Å². The highest BCUT2D eigenvalue weighted by atomic mass is 32.1. The van der Waals surface area contributed by atoms with Gasteiger partial charge in [-0.15, -0.1) is 11.3 Å². The van der Waals surface area contributed by atoms with Gasteiger partial charge in [0.15, 0.2) is 5.78 Å². The third-order valence-corrected chi connectivity index (χ3v) is 6.19. The standard InChI is InChI=1S/C25H23N3O3S/c1-16-3-7-19(8-4-16)21-14-32-24-23(21)25(31)28(15-27-24)13-22(30)20-9-5-18(6-10-20)11-12-26-17(2)29/h3-10,14-15H,11-13H2,1-2H3,(H,26,29). The van der Waals surface area contributed by atoms with Gasteiger partial charge in [0.1, 0.15) is 4.83 Å². The molecule has 0 aliphatic heterocycles. The van der Waals surface area contributed by atoms with Crippen LogP contribution < -0.4 is 10.9 Å². The van der Waals surface area contributed by atoms with Gasteiger partial charge in [0.2, 0.25) is 5.91 Å². The summed E-state index contributed by atoms with van der Waals surface area (Å²) in [5.74, 6) is -0.224. The van der Waals surface area contributed by atoms with Gasteiger partial charge in [0.25, 0.3) is 5.56 Å². The first kappa shape index (κ1) is 21.6. The zero-order valence-electron chi connectivity index (χ0n) is 17.9. The van der Waals surface area contributed by atoms with Crippen molar-refractivity contribution in [2.24, 2.45) is 0 Å². The minimum Gasteiger partial charge on any atom is -0.356 e. The number of hydrogen-bond donors (Lipinski definition) is 1. The Balaban J connectivity index is 1.55. The fourth-order valence-corrected chi connectivity index (χ4v) is 4.42. The van der Waals surface area contributed by atoms with E-state index in [4.69, 9.17) is 0 Å².